The molecule has 3 amide bonds. The summed E-state index contributed by atoms with van der Waals surface area (Å²) in [5, 5.41) is 13.4. The van der Waals surface area contributed by atoms with Crippen molar-refractivity contribution in [3.8, 4) is 6.07 Å². The number of imide groups is 1. The van der Waals surface area contributed by atoms with Crippen LogP contribution in [0.15, 0.2) is 46.1 Å². The zero-order valence-electron chi connectivity index (χ0n) is 13.4. The van der Waals surface area contributed by atoms with E-state index in [1.165, 1.54) is 0 Å². The Morgan fingerprint density at radius 2 is 1.88 bits per heavy atom. The van der Waals surface area contributed by atoms with Gasteiger partial charge in [0.1, 0.15) is 18.2 Å². The van der Waals surface area contributed by atoms with Gasteiger partial charge >= 0.3 is 11.7 Å². The maximum Gasteiger partial charge on any atom is 0.331 e. The van der Waals surface area contributed by atoms with Crippen molar-refractivity contribution in [2.75, 3.05) is 5.32 Å². The quantitative estimate of drug-likeness (QED) is 0.824. The van der Waals surface area contributed by atoms with Crippen LogP contribution < -0.4 is 21.9 Å². The fraction of sp³-hybridized carbons (Fsp3) is 0.188. The second-order valence-electron chi connectivity index (χ2n) is 4.98. The summed E-state index contributed by atoms with van der Waals surface area (Å²) in [7, 11) is 0. The van der Waals surface area contributed by atoms with Crippen molar-refractivity contribution in [1.29, 1.82) is 5.26 Å². The fourth-order valence-electron chi connectivity index (χ4n) is 2.09. The van der Waals surface area contributed by atoms with Gasteiger partial charge in [0.2, 0.25) is 5.91 Å². The van der Waals surface area contributed by atoms with Crippen LogP contribution in [0.2, 0.25) is 0 Å². The average Bonchev–Trinajstić information content (AvgIpc) is 2.59. The Balaban J connectivity index is 2.16. The zero-order valence-corrected chi connectivity index (χ0v) is 13.4. The molecular formula is C16H15N5O4. The van der Waals surface area contributed by atoms with E-state index in [9.17, 15) is 19.2 Å². The number of amides is 3. The van der Waals surface area contributed by atoms with Crippen molar-refractivity contribution in [2.45, 2.75) is 20.0 Å². The summed E-state index contributed by atoms with van der Waals surface area (Å²) in [5.41, 5.74) is -1.39. The Morgan fingerprint density at radius 3 is 2.48 bits per heavy atom. The van der Waals surface area contributed by atoms with Gasteiger partial charge in [0.25, 0.3) is 5.56 Å². The highest BCUT2D eigenvalue weighted by Crippen LogP contribution is 2.03. The maximum absolute atomic E-state index is 12.1. The third-order valence-electron chi connectivity index (χ3n) is 3.28. The summed E-state index contributed by atoms with van der Waals surface area (Å²) in [5.74, 6) is -0.856. The minimum atomic E-state index is -0.879. The molecule has 0 saturated heterocycles. The highest BCUT2D eigenvalue weighted by atomic mass is 16.2. The number of carbonyl (C=O) groups excluding carboxylic acids is 2. The van der Waals surface area contributed by atoms with Crippen LogP contribution in [0.1, 0.15) is 12.5 Å². The molecule has 2 rings (SSSR count). The summed E-state index contributed by atoms with van der Waals surface area (Å²) in [6, 6.07) is 9.32. The lowest BCUT2D eigenvalue weighted by Crippen LogP contribution is -2.46. The van der Waals surface area contributed by atoms with E-state index in [1.807, 2.05) is 5.32 Å². The molecule has 1 aromatic heterocycles. The molecule has 0 radical (unpaired) electrons. The van der Waals surface area contributed by atoms with Gasteiger partial charge in [-0.05, 0) is 19.1 Å². The molecule has 2 N–H and O–H groups in total. The number of aromatic nitrogens is 2. The monoisotopic (exact) mass is 341 g/mol. The van der Waals surface area contributed by atoms with E-state index in [-0.39, 0.29) is 12.1 Å². The van der Waals surface area contributed by atoms with Crippen LogP contribution in [0.3, 0.4) is 0 Å². The Kier molecular flexibility index (Phi) is 5.47. The molecule has 0 aliphatic rings. The number of urea groups is 1. The SMILES string of the molecule is CCn1cc(C#N)c(=O)n(CC(=O)NC(=O)Nc2ccccc2)c1=O. The van der Waals surface area contributed by atoms with Crippen molar-refractivity contribution in [2.24, 2.45) is 0 Å². The summed E-state index contributed by atoms with van der Waals surface area (Å²) < 4.78 is 1.75. The minimum absolute atomic E-state index is 0.226. The zero-order chi connectivity index (χ0) is 18.4. The van der Waals surface area contributed by atoms with Crippen molar-refractivity contribution in [1.82, 2.24) is 14.5 Å². The molecule has 9 heteroatoms. The summed E-state index contributed by atoms with van der Waals surface area (Å²) in [6.07, 6.45) is 1.14. The van der Waals surface area contributed by atoms with Gasteiger partial charge in [-0.2, -0.15) is 5.26 Å². The van der Waals surface area contributed by atoms with Crippen molar-refractivity contribution in [3.63, 3.8) is 0 Å². The van der Waals surface area contributed by atoms with Crippen molar-refractivity contribution >= 4 is 17.6 Å². The molecule has 1 heterocycles. The lowest BCUT2D eigenvalue weighted by molar-refractivity contribution is -0.120. The number of hydrogen-bond acceptors (Lipinski definition) is 5. The third-order valence-corrected chi connectivity index (χ3v) is 3.28. The number of carbonyl (C=O) groups is 2. The molecule has 1 aromatic carbocycles. The van der Waals surface area contributed by atoms with E-state index < -0.39 is 29.7 Å². The van der Waals surface area contributed by atoms with Crippen molar-refractivity contribution in [3.05, 3.63) is 62.9 Å². The van der Waals surface area contributed by atoms with Crippen LogP contribution in [0, 0.1) is 11.3 Å². The number of hydrogen-bond donors (Lipinski definition) is 2. The molecule has 0 bridgehead atoms. The summed E-state index contributed by atoms with van der Waals surface area (Å²) in [6.45, 7) is 1.21. The molecule has 0 unspecified atom stereocenters. The van der Waals surface area contributed by atoms with Gasteiger partial charge < -0.3 is 5.32 Å². The van der Waals surface area contributed by atoms with Crippen LogP contribution >= 0.6 is 0 Å². The maximum atomic E-state index is 12.1. The Morgan fingerprint density at radius 1 is 1.20 bits per heavy atom. The van der Waals surface area contributed by atoms with E-state index in [1.54, 1.807) is 43.3 Å². The van der Waals surface area contributed by atoms with Crippen LogP contribution in [0.25, 0.3) is 0 Å². The normalized spacial score (nSPS) is 9.92. The molecule has 0 aliphatic carbocycles. The largest absolute Gasteiger partial charge is 0.331 e. The summed E-state index contributed by atoms with van der Waals surface area (Å²) >= 11 is 0. The lowest BCUT2D eigenvalue weighted by Gasteiger charge is -2.10. The number of aryl methyl sites for hydroxylation is 1. The second kappa shape index (κ2) is 7.74. The Hall–Kier alpha value is -3.67. The molecule has 0 spiro atoms. The predicted molar refractivity (Wildman–Crippen MR) is 89.0 cm³/mol. The first-order valence-electron chi connectivity index (χ1n) is 7.36. The van der Waals surface area contributed by atoms with Gasteiger partial charge in [-0.25, -0.2) is 14.2 Å². The van der Waals surface area contributed by atoms with E-state index in [2.05, 4.69) is 5.32 Å². The number of benzene rings is 1. The van der Waals surface area contributed by atoms with E-state index in [4.69, 9.17) is 5.26 Å². The van der Waals surface area contributed by atoms with E-state index >= 15 is 0 Å². The lowest BCUT2D eigenvalue weighted by atomic mass is 10.3. The highest BCUT2D eigenvalue weighted by Gasteiger charge is 2.15. The fourth-order valence-corrected chi connectivity index (χ4v) is 2.09. The average molecular weight is 341 g/mol. The van der Waals surface area contributed by atoms with Gasteiger partial charge in [0, 0.05) is 18.4 Å². The number of rotatable bonds is 4. The number of nitrogens with one attached hydrogen (secondary N) is 2. The molecule has 2 aromatic rings. The number of para-hydroxylation sites is 1. The first kappa shape index (κ1) is 17.7. The number of nitriles is 1. The molecule has 0 aliphatic heterocycles. The van der Waals surface area contributed by atoms with Crippen molar-refractivity contribution < 1.29 is 9.59 Å². The highest BCUT2D eigenvalue weighted by molar-refractivity contribution is 6.01. The Bertz CT molecular complexity index is 953. The molecule has 9 nitrogen and oxygen atoms in total. The standard InChI is InChI=1S/C16H15N5O4/c1-2-20-9-11(8-17)14(23)21(16(20)25)10-13(22)19-15(24)18-12-6-4-3-5-7-12/h3-7,9H,2,10H2,1H3,(H2,18,19,22,24). The van der Waals surface area contributed by atoms with Crippen LogP contribution in [-0.4, -0.2) is 21.1 Å². The van der Waals surface area contributed by atoms with Gasteiger partial charge in [0.05, 0.1) is 0 Å². The first-order chi connectivity index (χ1) is 12.0. The molecule has 0 saturated carbocycles. The van der Waals surface area contributed by atoms with E-state index in [0.29, 0.717) is 10.3 Å². The molecule has 128 valence electrons. The van der Waals surface area contributed by atoms with Crippen LogP contribution in [-0.2, 0) is 17.9 Å². The molecule has 25 heavy (non-hydrogen) atoms. The summed E-state index contributed by atoms with van der Waals surface area (Å²) in [4.78, 5) is 47.9. The minimum Gasteiger partial charge on any atom is -0.308 e. The smallest absolute Gasteiger partial charge is 0.308 e. The third kappa shape index (κ3) is 4.20. The Labute approximate surface area is 142 Å². The second-order valence-corrected chi connectivity index (χ2v) is 4.98. The number of anilines is 1. The number of nitrogens with zero attached hydrogens (tertiary/aromatic N) is 3. The van der Waals surface area contributed by atoms with Crippen LogP contribution in [0.4, 0.5) is 10.5 Å². The predicted octanol–water partition coefficient (Wildman–Crippen LogP) is 0.250. The van der Waals surface area contributed by atoms with Gasteiger partial charge in [-0.3, -0.25) is 19.5 Å². The van der Waals surface area contributed by atoms with Gasteiger partial charge in [-0.1, -0.05) is 18.2 Å². The molecule has 0 fully saturated rings. The van der Waals surface area contributed by atoms with Gasteiger partial charge in [-0.15, -0.1) is 0 Å². The van der Waals surface area contributed by atoms with Gasteiger partial charge in [0.15, 0.2) is 0 Å². The topological polar surface area (TPSA) is 126 Å². The van der Waals surface area contributed by atoms with E-state index in [0.717, 1.165) is 10.8 Å². The first-order valence-corrected chi connectivity index (χ1v) is 7.36. The molecule has 0 atom stereocenters. The van der Waals surface area contributed by atoms with Crippen LogP contribution in [0.5, 0.6) is 0 Å². The molecular weight excluding hydrogens is 326 g/mol.